The van der Waals surface area contributed by atoms with Crippen molar-refractivity contribution in [3.05, 3.63) is 0 Å². The quantitative estimate of drug-likeness (QED) is 0.0637. The molecular weight excluding hydrogens is 1460 g/mol. The molecule has 0 aliphatic carbocycles. The van der Waals surface area contributed by atoms with E-state index in [1.807, 2.05) is 0 Å². The molecule has 0 fully saturated rings. The maximum atomic E-state index is 13.6. The van der Waals surface area contributed by atoms with E-state index in [9.17, 15) is 172 Å². The van der Waals surface area contributed by atoms with Crippen LogP contribution >= 0.6 is 68.2 Å². The van der Waals surface area contributed by atoms with Crippen molar-refractivity contribution in [1.29, 1.82) is 0 Å². The van der Waals surface area contributed by atoms with Crippen LogP contribution in [0.4, 0.5) is 0 Å². The van der Waals surface area contributed by atoms with Crippen LogP contribution < -0.4 is 302 Å². The van der Waals surface area contributed by atoms with E-state index in [0.29, 0.717) is 0 Å². The molecule has 0 aliphatic rings. The summed E-state index contributed by atoms with van der Waals surface area (Å²) in [7, 11) is 0. The molecule has 0 spiro atoms. The van der Waals surface area contributed by atoms with Gasteiger partial charge in [-0.15, -0.1) is 0 Å². The van der Waals surface area contributed by atoms with Gasteiger partial charge in [0.1, 0.15) is 0 Å². The molecule has 0 aromatic rings. The Labute approximate surface area is 424 Å². The summed E-state index contributed by atoms with van der Waals surface area (Å²) < 4.78 is 134. The van der Waals surface area contributed by atoms with Gasteiger partial charge < -0.3 is 185 Å². The summed E-state index contributed by atoms with van der Waals surface area (Å²) in [6.07, 6.45) is 0. The first-order valence-electron chi connectivity index (χ1n) is 8.76. The first kappa shape index (κ1) is 208. The van der Waals surface area contributed by atoms with Gasteiger partial charge in [-0.25, -0.2) is 0 Å². The smallest absolute Gasteiger partial charge is 0.369 e. The molecule has 0 amide bonds. The van der Waals surface area contributed by atoms with E-state index in [-0.39, 0.29) is 185 Å². The van der Waals surface area contributed by atoms with Crippen molar-refractivity contribution < 1.29 is 172 Å². The topological polar surface area (TPSA) is 1850 Å². The van der Waals surface area contributed by atoms with E-state index in [2.05, 4.69) is 0 Å². The zero-order chi connectivity index (χ0) is 42.3. The maximum absolute atomic E-state index is 29.1. The Hall–Kier alpha value is 1.29. The molecule has 120 N–H and O–H groups in total. The Kier molecular flexibility index (Phi) is 65.9. The van der Waals surface area contributed by atoms with Crippen molar-refractivity contribution in [2.75, 3.05) is 0 Å². The second-order valence-corrected chi connectivity index (χ2v) is 343. The van der Waals surface area contributed by atoms with Crippen LogP contribution in [0.25, 0.3) is 0 Å². The second-order valence-electron chi connectivity index (χ2n) is 10.8. The van der Waals surface area contributed by atoms with Crippen LogP contribution in [0.3, 0.4) is 0 Å². The van der Waals surface area contributed by atoms with E-state index in [1.54, 1.807) is 0 Å². The summed E-state index contributed by atoms with van der Waals surface area (Å²) in [5.74, 6) is 0. The molecule has 0 aromatic heterocycles. The average molecular weight is 1580 g/mol. The number of rotatable bonds is 12. The molecule has 0 radical (unpaired) electrons. The molecule has 79 heavy (non-hydrogen) atoms. The SMILES string of the molecule is O=[P]([O-])([O-])[Mo-6]([P](=O)([O-])[O-])([P](=O)([O-])[O-])([P](=O)([O-])[O-])([P](=O)([O-])[O-])([P](=O)([O-])[O-])([P](=O)([O-])[O-])([P](=O)([O-])[O-])([P](=O)([O-])[O-])([P](=O)([O-])[O-])([P](=O)([O-])[O-])[P](=O)([O-])[O-].[NH4+].[NH4+].[NH4+].[NH4+].[NH4+].[NH4+].[NH4+].[NH4+].[NH4+].[NH4+].[NH4+].[NH4+].[NH4+].[NH4+].[NH4+].[NH4+].[NH4+].[NH4+].[NH4+].[NH4+].[NH4+].[NH4+].[NH4+].[NH4+].[NH4+].[NH4+].[NH4+].[NH4+].[NH4+].[NH4+]. The van der Waals surface area contributed by atoms with Gasteiger partial charge >= 0.3 is 240 Å². The zero-order valence-corrected chi connectivity index (χ0v) is 63.2. The van der Waals surface area contributed by atoms with Crippen molar-refractivity contribution in [1.82, 2.24) is 185 Å². The minimum Gasteiger partial charge on any atom is -0.369 e. The Balaban J connectivity index is -0.0000000265. The fraction of sp³-hybridized carbons (Fsp3) is 0. The molecule has 0 aromatic carbocycles. The molecule has 0 atom stereocenters. The van der Waals surface area contributed by atoms with Crippen molar-refractivity contribution in [2.45, 2.75) is 0 Å². The van der Waals surface area contributed by atoms with Crippen LogP contribution in [0.1, 0.15) is 0 Å². The Morgan fingerprint density at radius 2 is 0.139 bits per heavy atom. The van der Waals surface area contributed by atoms with E-state index >= 15 is 0 Å². The van der Waals surface area contributed by atoms with E-state index in [0.717, 1.165) is 0 Å². The molecule has 0 saturated heterocycles. The molecule has 552 valence electrons. The largest absolute Gasteiger partial charge is 0.369 e. The van der Waals surface area contributed by atoms with Gasteiger partial charge in [-0.1, -0.05) is 0 Å². The van der Waals surface area contributed by atoms with Gasteiger partial charge in [-0.2, -0.15) is 0 Å². The van der Waals surface area contributed by atoms with Gasteiger partial charge in [-0.05, 0) is 0 Å². The number of quaternary nitrogens is 30. The normalized spacial score (nSPS) is 15.8. The number of hydrogen-bond donors (Lipinski definition) is 30. The summed E-state index contributed by atoms with van der Waals surface area (Å²) in [6, 6.07) is 0. The average Bonchev–Trinajstić information content (AvgIpc) is 2.57. The Bertz CT molecular complexity index is 1950. The van der Waals surface area contributed by atoms with E-state index in [4.69, 9.17) is 0 Å². The molecular formula is H120MoN30O36P12. The first-order chi connectivity index (χ1) is 19.7. The van der Waals surface area contributed by atoms with Crippen LogP contribution in [0.2, 0.25) is 0 Å². The third-order valence-electron chi connectivity index (χ3n) is 13.2. The summed E-state index contributed by atoms with van der Waals surface area (Å²) in [4.78, 5) is 326. The Morgan fingerprint density at radius 3 is 0.139 bits per heavy atom. The van der Waals surface area contributed by atoms with Crippen molar-refractivity contribution in [2.24, 2.45) is 0 Å². The summed E-state index contributed by atoms with van der Waals surface area (Å²) in [6.45, 7) is 0. The van der Waals surface area contributed by atoms with Crippen molar-refractivity contribution >= 4 is 68.2 Å². The zero-order valence-electron chi connectivity index (χ0n) is 50.5. The second kappa shape index (κ2) is 25.0. The first-order valence-corrected chi connectivity index (χ1v) is 58.6. The van der Waals surface area contributed by atoms with Crippen LogP contribution in [0.5, 0.6) is 0 Å². The van der Waals surface area contributed by atoms with Gasteiger partial charge in [-0.3, -0.25) is 0 Å². The van der Waals surface area contributed by atoms with Crippen molar-refractivity contribution in [3.63, 3.8) is 0 Å². The molecule has 0 saturated carbocycles. The fourth-order valence-corrected chi connectivity index (χ4v) is 430. The molecule has 0 aliphatic heterocycles. The third-order valence-corrected chi connectivity index (χ3v) is 703. The van der Waals surface area contributed by atoms with Crippen LogP contribution in [-0.4, -0.2) is 0 Å². The van der Waals surface area contributed by atoms with Crippen LogP contribution in [0, 0.1) is 0 Å². The minimum absolute atomic E-state index is 0. The Morgan fingerprint density at radius 1 is 0.114 bits per heavy atom. The van der Waals surface area contributed by atoms with Crippen molar-refractivity contribution in [3.8, 4) is 0 Å². The van der Waals surface area contributed by atoms with Gasteiger partial charge in [0.15, 0.2) is 0 Å². The minimum atomic E-state index is -29.1. The van der Waals surface area contributed by atoms with E-state index in [1.165, 1.54) is 0 Å². The van der Waals surface area contributed by atoms with Crippen LogP contribution in [0.15, 0.2) is 0 Å². The van der Waals surface area contributed by atoms with Gasteiger partial charge in [0.05, 0.1) is 0 Å². The summed E-state index contributed by atoms with van der Waals surface area (Å²) in [5.41, 5.74) is -197. The molecule has 0 unspecified atom stereocenters. The van der Waals surface area contributed by atoms with Gasteiger partial charge in [0.2, 0.25) is 0 Å². The monoisotopic (exact) mass is 1590 g/mol. The third kappa shape index (κ3) is 3.00. The van der Waals surface area contributed by atoms with Gasteiger partial charge in [0, 0.05) is 0 Å². The maximum Gasteiger partial charge on any atom is -0.369 e. The van der Waals surface area contributed by atoms with E-state index < -0.39 is 68.2 Å². The molecule has 0 rings (SSSR count). The standard InChI is InChI=1S/Mo.30H3N.12HO3P/c;;;;;;;;;;;;;;;;;;;;;;;;;;;;;;;12*1-4(2)3/h;30*1H3;12*(H,1,2,3)/q-18;;;;;;;;;;;;;;;;;;;;;;;;;;;;;;;;;;;;;;;;;;/p+18. The molecule has 0 bridgehead atoms. The molecule has 0 heterocycles. The fourth-order valence-electron chi connectivity index (χ4n) is 8.08. The van der Waals surface area contributed by atoms with Crippen LogP contribution in [-0.2, 0) is 54.8 Å². The number of hydrogen-bond acceptors (Lipinski definition) is 36. The molecule has 66 nitrogen and oxygen atoms in total. The summed E-state index contributed by atoms with van der Waals surface area (Å²) in [5, 5.41) is 0. The predicted octanol–water partition coefficient (Wildman–Crippen LogP) is -8.34. The van der Waals surface area contributed by atoms with Gasteiger partial charge in [0.25, 0.3) is 0 Å². The predicted molar refractivity (Wildman–Crippen MR) is 271 cm³/mol. The molecule has 79 heteroatoms. The summed E-state index contributed by atoms with van der Waals surface area (Å²) >= 11 is 0.